The molecular weight excluding hydrogens is 194 g/mol. The fourth-order valence-corrected chi connectivity index (χ4v) is 2.64. The lowest BCUT2D eigenvalue weighted by atomic mass is 9.92. The van der Waals surface area contributed by atoms with Gasteiger partial charge in [0.15, 0.2) is 0 Å². The Hall–Kier alpha value is -1.76. The summed E-state index contributed by atoms with van der Waals surface area (Å²) < 4.78 is 0. The zero-order chi connectivity index (χ0) is 11.1. The van der Waals surface area contributed by atoms with Crippen molar-refractivity contribution in [1.29, 1.82) is 0 Å². The second kappa shape index (κ2) is 3.38. The van der Waals surface area contributed by atoms with E-state index < -0.39 is 0 Å². The van der Waals surface area contributed by atoms with Crippen LogP contribution in [0, 0.1) is 6.92 Å². The number of hydrogen-bond acceptors (Lipinski definition) is 1. The van der Waals surface area contributed by atoms with Gasteiger partial charge in [0.05, 0.1) is 0 Å². The fourth-order valence-electron chi connectivity index (χ4n) is 2.64. The van der Waals surface area contributed by atoms with Crippen LogP contribution in [0.4, 0.5) is 5.69 Å². The second-order valence-corrected chi connectivity index (χ2v) is 4.48. The number of rotatable bonds is 0. The number of para-hydroxylation sites is 1. The van der Waals surface area contributed by atoms with Crippen molar-refractivity contribution in [3.63, 3.8) is 0 Å². The Bertz CT molecular complexity index is 543. The molecule has 0 saturated carbocycles. The second-order valence-electron chi connectivity index (χ2n) is 4.48. The molecule has 1 aliphatic heterocycles. The molecule has 0 fully saturated rings. The van der Waals surface area contributed by atoms with Gasteiger partial charge in [0, 0.05) is 24.8 Å². The number of anilines is 1. The van der Waals surface area contributed by atoms with Gasteiger partial charge in [0.25, 0.3) is 0 Å². The van der Waals surface area contributed by atoms with E-state index in [1.54, 1.807) is 0 Å². The molecule has 1 nitrogen and oxygen atoms in total. The molecule has 0 aliphatic carbocycles. The van der Waals surface area contributed by atoms with Crippen molar-refractivity contribution < 1.29 is 0 Å². The molecule has 1 heteroatoms. The lowest BCUT2D eigenvalue weighted by molar-refractivity contribution is 0.905. The summed E-state index contributed by atoms with van der Waals surface area (Å²) >= 11 is 0. The molecule has 2 aromatic carbocycles. The number of aryl methyl sites for hydroxylation is 1. The van der Waals surface area contributed by atoms with Crippen molar-refractivity contribution >= 4 is 5.69 Å². The third-order valence-electron chi connectivity index (χ3n) is 3.33. The SMILES string of the molecule is Cc1cccc2c1N(C)Cc1ccccc1-2. The Balaban J connectivity index is 2.33. The van der Waals surface area contributed by atoms with Crippen LogP contribution in [0.2, 0.25) is 0 Å². The smallest absolute Gasteiger partial charge is 0.0476 e. The minimum atomic E-state index is 1.01. The number of nitrogens with zero attached hydrogens (tertiary/aromatic N) is 1. The van der Waals surface area contributed by atoms with E-state index in [9.17, 15) is 0 Å². The van der Waals surface area contributed by atoms with Crippen LogP contribution in [-0.4, -0.2) is 7.05 Å². The zero-order valence-electron chi connectivity index (χ0n) is 9.70. The molecule has 0 spiro atoms. The summed E-state index contributed by atoms with van der Waals surface area (Å²) in [5.74, 6) is 0. The van der Waals surface area contributed by atoms with E-state index in [1.165, 1.54) is 27.9 Å². The van der Waals surface area contributed by atoms with E-state index in [-0.39, 0.29) is 0 Å². The van der Waals surface area contributed by atoms with Gasteiger partial charge in [-0.25, -0.2) is 0 Å². The average molecular weight is 209 g/mol. The first-order chi connectivity index (χ1) is 7.77. The number of fused-ring (bicyclic) bond motifs is 3. The molecule has 3 rings (SSSR count). The van der Waals surface area contributed by atoms with Crippen molar-refractivity contribution in [2.75, 3.05) is 11.9 Å². The maximum Gasteiger partial charge on any atom is 0.0476 e. The van der Waals surface area contributed by atoms with Gasteiger partial charge in [-0.15, -0.1) is 0 Å². The summed E-state index contributed by atoms with van der Waals surface area (Å²) in [6.45, 7) is 3.19. The van der Waals surface area contributed by atoms with Gasteiger partial charge in [-0.2, -0.15) is 0 Å². The molecule has 1 heterocycles. The van der Waals surface area contributed by atoms with Gasteiger partial charge < -0.3 is 4.90 Å². The summed E-state index contributed by atoms with van der Waals surface area (Å²) in [5.41, 5.74) is 6.91. The van der Waals surface area contributed by atoms with Crippen molar-refractivity contribution in [3.05, 3.63) is 53.6 Å². The Labute approximate surface area is 96.3 Å². The number of hydrogen-bond donors (Lipinski definition) is 0. The van der Waals surface area contributed by atoms with Crippen molar-refractivity contribution in [2.45, 2.75) is 13.5 Å². The van der Waals surface area contributed by atoms with E-state index >= 15 is 0 Å². The molecule has 16 heavy (non-hydrogen) atoms. The van der Waals surface area contributed by atoms with E-state index in [0.717, 1.165) is 6.54 Å². The Morgan fingerprint density at radius 3 is 2.56 bits per heavy atom. The van der Waals surface area contributed by atoms with E-state index in [1.807, 2.05) is 0 Å². The predicted molar refractivity (Wildman–Crippen MR) is 68.7 cm³/mol. The molecular formula is C15H15N. The highest BCUT2D eigenvalue weighted by Crippen LogP contribution is 2.39. The lowest BCUT2D eigenvalue weighted by Crippen LogP contribution is -2.22. The summed E-state index contributed by atoms with van der Waals surface area (Å²) in [4.78, 5) is 2.34. The monoisotopic (exact) mass is 209 g/mol. The topological polar surface area (TPSA) is 3.24 Å². The molecule has 0 atom stereocenters. The molecule has 1 aliphatic rings. The van der Waals surface area contributed by atoms with Crippen LogP contribution in [0.5, 0.6) is 0 Å². The van der Waals surface area contributed by atoms with Gasteiger partial charge in [0.1, 0.15) is 0 Å². The normalized spacial score (nSPS) is 13.2. The summed E-state index contributed by atoms with van der Waals surface area (Å²) in [6.07, 6.45) is 0. The molecule has 0 saturated heterocycles. The third-order valence-corrected chi connectivity index (χ3v) is 3.33. The zero-order valence-corrected chi connectivity index (χ0v) is 9.70. The van der Waals surface area contributed by atoms with Crippen molar-refractivity contribution in [1.82, 2.24) is 0 Å². The molecule has 80 valence electrons. The quantitative estimate of drug-likeness (QED) is 0.640. The maximum absolute atomic E-state index is 2.34. The summed E-state index contributed by atoms with van der Waals surface area (Å²) in [5, 5.41) is 0. The Kier molecular flexibility index (Phi) is 2.00. The third kappa shape index (κ3) is 1.25. The summed E-state index contributed by atoms with van der Waals surface area (Å²) in [6, 6.07) is 15.2. The summed E-state index contributed by atoms with van der Waals surface area (Å²) in [7, 11) is 2.17. The Morgan fingerprint density at radius 1 is 0.938 bits per heavy atom. The van der Waals surface area contributed by atoms with Crippen LogP contribution >= 0.6 is 0 Å². The highest BCUT2D eigenvalue weighted by molar-refractivity contribution is 5.85. The minimum absolute atomic E-state index is 1.01. The van der Waals surface area contributed by atoms with Crippen LogP contribution in [0.25, 0.3) is 11.1 Å². The molecule has 0 bridgehead atoms. The van der Waals surface area contributed by atoms with E-state index in [4.69, 9.17) is 0 Å². The first-order valence-corrected chi connectivity index (χ1v) is 5.66. The van der Waals surface area contributed by atoms with Crippen LogP contribution in [-0.2, 0) is 6.54 Å². The standard InChI is InChI=1S/C15H15N/c1-11-6-5-9-14-13-8-4-3-7-12(13)10-16(2)15(11)14/h3-9H,10H2,1-2H3. The van der Waals surface area contributed by atoms with Crippen LogP contribution < -0.4 is 4.90 Å². The van der Waals surface area contributed by atoms with Gasteiger partial charge >= 0.3 is 0 Å². The molecule has 0 aromatic heterocycles. The first-order valence-electron chi connectivity index (χ1n) is 5.66. The molecule has 0 amide bonds. The maximum atomic E-state index is 2.34. The predicted octanol–water partition coefficient (Wildman–Crippen LogP) is 3.61. The Morgan fingerprint density at radius 2 is 1.69 bits per heavy atom. The molecule has 0 N–H and O–H groups in total. The van der Waals surface area contributed by atoms with Gasteiger partial charge in [0.2, 0.25) is 0 Å². The number of benzene rings is 2. The highest BCUT2D eigenvalue weighted by atomic mass is 15.1. The average Bonchev–Trinajstić information content (AvgIpc) is 2.29. The van der Waals surface area contributed by atoms with Crippen LogP contribution in [0.1, 0.15) is 11.1 Å². The highest BCUT2D eigenvalue weighted by Gasteiger charge is 2.19. The van der Waals surface area contributed by atoms with Gasteiger partial charge in [-0.05, 0) is 23.6 Å². The largest absolute Gasteiger partial charge is 0.370 e. The molecule has 0 radical (unpaired) electrons. The van der Waals surface area contributed by atoms with Crippen molar-refractivity contribution in [2.24, 2.45) is 0 Å². The van der Waals surface area contributed by atoms with Crippen LogP contribution in [0.15, 0.2) is 42.5 Å². The molecule has 2 aromatic rings. The van der Waals surface area contributed by atoms with Gasteiger partial charge in [-0.3, -0.25) is 0 Å². The minimum Gasteiger partial charge on any atom is -0.370 e. The molecule has 0 unspecified atom stereocenters. The van der Waals surface area contributed by atoms with E-state index in [2.05, 4.69) is 61.3 Å². The first kappa shape index (κ1) is 9.46. The van der Waals surface area contributed by atoms with Crippen LogP contribution in [0.3, 0.4) is 0 Å². The van der Waals surface area contributed by atoms with E-state index in [0.29, 0.717) is 0 Å². The fraction of sp³-hybridized carbons (Fsp3) is 0.200. The lowest BCUT2D eigenvalue weighted by Gasteiger charge is -2.31. The van der Waals surface area contributed by atoms with Crippen molar-refractivity contribution in [3.8, 4) is 11.1 Å². The van der Waals surface area contributed by atoms with Gasteiger partial charge in [-0.1, -0.05) is 42.5 Å².